The molecule has 1 aromatic heterocycles. The lowest BCUT2D eigenvalue weighted by molar-refractivity contribution is -0.141. The van der Waals surface area contributed by atoms with Gasteiger partial charge in [0.05, 0.1) is 16.8 Å². The molecule has 6 nitrogen and oxygen atoms in total. The first-order chi connectivity index (χ1) is 10.4. The Morgan fingerprint density at radius 2 is 2.04 bits per heavy atom. The summed E-state index contributed by atoms with van der Waals surface area (Å²) in [6.07, 6.45) is -5.47. The zero-order valence-electron chi connectivity index (χ0n) is 13.3. The molecule has 0 aliphatic heterocycles. The lowest BCUT2D eigenvalue weighted by Gasteiger charge is -2.19. The summed E-state index contributed by atoms with van der Waals surface area (Å²) in [6.45, 7) is 3.10. The van der Waals surface area contributed by atoms with Crippen LogP contribution in [0.4, 0.5) is 13.2 Å². The molecule has 2 N–H and O–H groups in total. The number of carbonyl (C=O) groups excluding carboxylic acids is 1. The molecule has 2 atom stereocenters. The van der Waals surface area contributed by atoms with Gasteiger partial charge in [-0.1, -0.05) is 11.6 Å². The molecular formula is C13H20ClF3N4O2. The van der Waals surface area contributed by atoms with Gasteiger partial charge in [-0.3, -0.25) is 9.48 Å². The summed E-state index contributed by atoms with van der Waals surface area (Å²) >= 11 is 5.65. The third kappa shape index (κ3) is 5.08. The number of hydrogen-bond donors (Lipinski definition) is 2. The summed E-state index contributed by atoms with van der Waals surface area (Å²) in [4.78, 5) is 13.8. The molecule has 0 aliphatic rings. The average Bonchev–Trinajstić information content (AvgIpc) is 2.71. The maximum atomic E-state index is 12.8. The predicted octanol–water partition coefficient (Wildman–Crippen LogP) is 1.46. The molecule has 1 heterocycles. The number of amides is 1. The van der Waals surface area contributed by atoms with Crippen LogP contribution in [0.3, 0.4) is 0 Å². The smallest absolute Gasteiger partial charge is 0.390 e. The zero-order chi connectivity index (χ0) is 17.9. The number of aliphatic hydroxyl groups is 1. The Morgan fingerprint density at radius 3 is 2.48 bits per heavy atom. The Balaban J connectivity index is 2.81. The highest BCUT2D eigenvalue weighted by molar-refractivity contribution is 6.32. The van der Waals surface area contributed by atoms with Gasteiger partial charge in [-0.05, 0) is 27.9 Å². The SMILES string of the molecule is Cc1c(Cl)c(C(F)(F)F)nn1C(C)C(=O)NCC(O)CN(C)C. The van der Waals surface area contributed by atoms with E-state index in [0.29, 0.717) is 6.54 Å². The fourth-order valence-electron chi connectivity index (χ4n) is 2.02. The van der Waals surface area contributed by atoms with E-state index in [1.54, 1.807) is 19.0 Å². The van der Waals surface area contributed by atoms with Crippen molar-refractivity contribution in [3.8, 4) is 0 Å². The van der Waals surface area contributed by atoms with Gasteiger partial charge in [-0.25, -0.2) is 0 Å². The molecule has 1 aromatic rings. The molecular weight excluding hydrogens is 337 g/mol. The first-order valence-corrected chi connectivity index (χ1v) is 7.25. The van der Waals surface area contributed by atoms with Gasteiger partial charge in [0.25, 0.3) is 0 Å². The largest absolute Gasteiger partial charge is 0.436 e. The number of aliphatic hydroxyl groups excluding tert-OH is 1. The maximum Gasteiger partial charge on any atom is 0.436 e. The highest BCUT2D eigenvalue weighted by Gasteiger charge is 2.39. The van der Waals surface area contributed by atoms with E-state index in [1.165, 1.54) is 13.8 Å². The molecule has 0 spiro atoms. The monoisotopic (exact) mass is 356 g/mol. The van der Waals surface area contributed by atoms with Gasteiger partial charge in [-0.2, -0.15) is 18.3 Å². The van der Waals surface area contributed by atoms with E-state index in [0.717, 1.165) is 4.68 Å². The molecule has 0 radical (unpaired) electrons. The van der Waals surface area contributed by atoms with Gasteiger partial charge >= 0.3 is 6.18 Å². The van der Waals surface area contributed by atoms with Gasteiger partial charge < -0.3 is 15.3 Å². The molecule has 132 valence electrons. The van der Waals surface area contributed by atoms with Crippen molar-refractivity contribution in [1.82, 2.24) is 20.0 Å². The standard InChI is InChI=1S/C13H20ClF3N4O2/c1-7-10(14)11(13(15,16)17)19-21(7)8(2)12(23)18-5-9(22)6-20(3)4/h8-9,22H,5-6H2,1-4H3,(H,18,23). The normalized spacial score (nSPS) is 14.9. The number of likely N-dealkylation sites (N-methyl/N-ethyl adjacent to an activating group) is 1. The van der Waals surface area contributed by atoms with Gasteiger partial charge in [-0.15, -0.1) is 0 Å². The van der Waals surface area contributed by atoms with Crippen molar-refractivity contribution in [3.05, 3.63) is 16.4 Å². The molecule has 0 saturated carbocycles. The Hall–Kier alpha value is -1.32. The molecule has 0 aromatic carbocycles. The third-order valence-electron chi connectivity index (χ3n) is 3.18. The van der Waals surface area contributed by atoms with E-state index in [2.05, 4.69) is 10.4 Å². The summed E-state index contributed by atoms with van der Waals surface area (Å²) in [6, 6.07) is -0.991. The first kappa shape index (κ1) is 19.7. The van der Waals surface area contributed by atoms with Crippen LogP contribution in [0.15, 0.2) is 0 Å². The van der Waals surface area contributed by atoms with E-state index in [1.807, 2.05) is 0 Å². The number of rotatable bonds is 6. The van der Waals surface area contributed by atoms with Crippen LogP contribution in [0.2, 0.25) is 5.02 Å². The van der Waals surface area contributed by atoms with Crippen molar-refractivity contribution in [3.63, 3.8) is 0 Å². The van der Waals surface area contributed by atoms with Crippen LogP contribution in [0.5, 0.6) is 0 Å². The minimum atomic E-state index is -4.69. The topological polar surface area (TPSA) is 70.4 Å². The van der Waals surface area contributed by atoms with Crippen molar-refractivity contribution in [1.29, 1.82) is 0 Å². The van der Waals surface area contributed by atoms with Crippen molar-refractivity contribution in [2.45, 2.75) is 32.2 Å². The van der Waals surface area contributed by atoms with Gasteiger partial charge in [0.15, 0.2) is 5.69 Å². The van der Waals surface area contributed by atoms with E-state index in [9.17, 15) is 23.1 Å². The van der Waals surface area contributed by atoms with Crippen molar-refractivity contribution in [2.75, 3.05) is 27.2 Å². The quantitative estimate of drug-likeness (QED) is 0.809. The Bertz CT molecular complexity index is 560. The molecule has 2 unspecified atom stereocenters. The summed E-state index contributed by atoms with van der Waals surface area (Å²) in [5.41, 5.74) is -1.17. The average molecular weight is 357 g/mol. The highest BCUT2D eigenvalue weighted by Crippen LogP contribution is 2.36. The Labute approximate surface area is 137 Å². The predicted molar refractivity (Wildman–Crippen MR) is 79.3 cm³/mol. The van der Waals surface area contributed by atoms with Crippen LogP contribution in [-0.2, 0) is 11.0 Å². The van der Waals surface area contributed by atoms with Crippen molar-refractivity contribution in [2.24, 2.45) is 0 Å². The highest BCUT2D eigenvalue weighted by atomic mass is 35.5. The number of nitrogens with zero attached hydrogens (tertiary/aromatic N) is 3. The summed E-state index contributed by atoms with van der Waals surface area (Å²) in [7, 11) is 3.53. The number of hydrogen-bond acceptors (Lipinski definition) is 4. The second-order valence-corrected chi connectivity index (χ2v) is 5.91. The van der Waals surface area contributed by atoms with Gasteiger partial charge in [0, 0.05) is 13.1 Å². The van der Waals surface area contributed by atoms with E-state index in [-0.39, 0.29) is 12.2 Å². The number of alkyl halides is 3. The lowest BCUT2D eigenvalue weighted by atomic mass is 10.2. The molecule has 23 heavy (non-hydrogen) atoms. The van der Waals surface area contributed by atoms with Crippen LogP contribution < -0.4 is 5.32 Å². The van der Waals surface area contributed by atoms with Gasteiger partial charge in [0.2, 0.25) is 5.91 Å². The molecule has 1 rings (SSSR count). The fraction of sp³-hybridized carbons (Fsp3) is 0.692. The summed E-state index contributed by atoms with van der Waals surface area (Å²) in [5.74, 6) is -0.557. The van der Waals surface area contributed by atoms with Gasteiger partial charge in [0.1, 0.15) is 6.04 Å². The van der Waals surface area contributed by atoms with Crippen LogP contribution >= 0.6 is 11.6 Å². The maximum absolute atomic E-state index is 12.8. The Morgan fingerprint density at radius 1 is 1.48 bits per heavy atom. The number of aromatic nitrogens is 2. The number of halogens is 4. The van der Waals surface area contributed by atoms with Crippen LogP contribution in [0.1, 0.15) is 24.4 Å². The Kier molecular flexibility index (Phi) is 6.43. The fourth-order valence-corrected chi connectivity index (χ4v) is 2.25. The number of nitrogens with one attached hydrogen (secondary N) is 1. The van der Waals surface area contributed by atoms with Crippen molar-refractivity contribution < 1.29 is 23.1 Å². The summed E-state index contributed by atoms with van der Waals surface area (Å²) < 4.78 is 39.3. The molecule has 0 saturated heterocycles. The van der Waals surface area contributed by atoms with E-state index >= 15 is 0 Å². The first-order valence-electron chi connectivity index (χ1n) is 6.87. The second-order valence-electron chi connectivity index (χ2n) is 5.53. The van der Waals surface area contributed by atoms with Crippen LogP contribution in [0.25, 0.3) is 0 Å². The molecule has 10 heteroatoms. The zero-order valence-corrected chi connectivity index (χ0v) is 14.0. The molecule has 0 bridgehead atoms. The second kappa shape index (κ2) is 7.50. The summed E-state index contributed by atoms with van der Waals surface area (Å²) in [5, 5.41) is 15.0. The number of carbonyl (C=O) groups is 1. The van der Waals surface area contributed by atoms with E-state index < -0.39 is 34.9 Å². The molecule has 0 aliphatic carbocycles. The van der Waals surface area contributed by atoms with Crippen LogP contribution in [-0.4, -0.2) is 59.0 Å². The lowest BCUT2D eigenvalue weighted by Crippen LogP contribution is -2.40. The van der Waals surface area contributed by atoms with E-state index in [4.69, 9.17) is 11.6 Å². The molecule has 1 amide bonds. The van der Waals surface area contributed by atoms with Crippen LogP contribution in [0, 0.1) is 6.92 Å². The minimum absolute atomic E-state index is 0.0124. The minimum Gasteiger partial charge on any atom is -0.390 e. The van der Waals surface area contributed by atoms with Crippen molar-refractivity contribution >= 4 is 17.5 Å². The molecule has 0 fully saturated rings. The third-order valence-corrected chi connectivity index (χ3v) is 3.63.